The molecule has 0 spiro atoms. The molecule has 3 N–H and O–H groups in total. The molecule has 0 bridgehead atoms. The van der Waals surface area contributed by atoms with Crippen LogP contribution in [-0.4, -0.2) is 40.9 Å². The number of anilines is 2. The first-order valence-corrected chi connectivity index (χ1v) is 9.29. The molecule has 0 saturated heterocycles. The van der Waals surface area contributed by atoms with E-state index in [1.54, 1.807) is 31.3 Å². The van der Waals surface area contributed by atoms with Crippen molar-refractivity contribution in [1.29, 1.82) is 0 Å². The van der Waals surface area contributed by atoms with Crippen LogP contribution in [0.1, 0.15) is 23.2 Å². The van der Waals surface area contributed by atoms with Gasteiger partial charge in [0.05, 0.1) is 5.75 Å². The third-order valence-corrected chi connectivity index (χ3v) is 5.26. The summed E-state index contributed by atoms with van der Waals surface area (Å²) in [6, 6.07) is 7.35. The number of hydrogen-bond donors (Lipinski definition) is 3. The fourth-order valence-corrected chi connectivity index (χ4v) is 3.56. The summed E-state index contributed by atoms with van der Waals surface area (Å²) in [5.74, 6) is -0.103. The number of thioether (sulfide) groups is 1. The Kier molecular flexibility index (Phi) is 5.31. The zero-order valence-corrected chi connectivity index (χ0v) is 14.7. The van der Waals surface area contributed by atoms with Crippen LogP contribution in [0.3, 0.4) is 0 Å². The molecule has 1 aliphatic carbocycles. The molecule has 1 aliphatic rings. The van der Waals surface area contributed by atoms with Crippen molar-refractivity contribution in [3.05, 3.63) is 29.8 Å². The Bertz CT molecular complexity index is 745. The van der Waals surface area contributed by atoms with E-state index < -0.39 is 0 Å². The van der Waals surface area contributed by atoms with Crippen molar-refractivity contribution in [1.82, 2.24) is 15.5 Å². The van der Waals surface area contributed by atoms with E-state index in [2.05, 4.69) is 26.1 Å². The fraction of sp³-hybridized carbons (Fsp3) is 0.333. The van der Waals surface area contributed by atoms with Gasteiger partial charge < -0.3 is 16.0 Å². The van der Waals surface area contributed by atoms with Gasteiger partial charge in [0.1, 0.15) is 0 Å². The molecular weight excluding hydrogens is 346 g/mol. The van der Waals surface area contributed by atoms with E-state index in [4.69, 9.17) is 0 Å². The second-order valence-corrected chi connectivity index (χ2v) is 7.49. The van der Waals surface area contributed by atoms with Crippen molar-refractivity contribution in [3.63, 3.8) is 0 Å². The lowest BCUT2D eigenvalue weighted by Gasteiger charge is -2.06. The molecule has 0 radical (unpaired) electrons. The van der Waals surface area contributed by atoms with Gasteiger partial charge >= 0.3 is 0 Å². The molecule has 1 aromatic heterocycles. The summed E-state index contributed by atoms with van der Waals surface area (Å²) in [5, 5.41) is 17.5. The minimum atomic E-state index is -0.190. The van der Waals surface area contributed by atoms with Gasteiger partial charge in [0.15, 0.2) is 4.34 Å². The normalized spacial score (nSPS) is 13.4. The first kappa shape index (κ1) is 16.7. The van der Waals surface area contributed by atoms with Crippen LogP contribution in [0.15, 0.2) is 28.6 Å². The fourth-order valence-electron chi connectivity index (χ4n) is 1.94. The van der Waals surface area contributed by atoms with Gasteiger partial charge in [-0.05, 0) is 31.0 Å². The summed E-state index contributed by atoms with van der Waals surface area (Å²) >= 11 is 2.80. The highest BCUT2D eigenvalue weighted by Crippen LogP contribution is 2.30. The van der Waals surface area contributed by atoms with Crippen LogP contribution in [0.4, 0.5) is 10.8 Å². The Hall–Kier alpha value is -2.13. The van der Waals surface area contributed by atoms with Gasteiger partial charge in [-0.1, -0.05) is 29.2 Å². The lowest BCUT2D eigenvalue weighted by molar-refractivity contribution is -0.113. The molecule has 24 heavy (non-hydrogen) atoms. The van der Waals surface area contributed by atoms with Crippen molar-refractivity contribution in [2.24, 2.45) is 0 Å². The number of hydrogen-bond acceptors (Lipinski definition) is 7. The highest BCUT2D eigenvalue weighted by molar-refractivity contribution is 8.01. The van der Waals surface area contributed by atoms with Crippen LogP contribution in [0.5, 0.6) is 0 Å². The quantitative estimate of drug-likeness (QED) is 0.653. The van der Waals surface area contributed by atoms with E-state index >= 15 is 0 Å². The number of nitrogens with zero attached hydrogens (tertiary/aromatic N) is 2. The summed E-state index contributed by atoms with van der Waals surface area (Å²) in [5.41, 5.74) is 1.10. The molecule has 3 rings (SSSR count). The highest BCUT2D eigenvalue weighted by atomic mass is 32.2. The molecule has 1 fully saturated rings. The number of carbonyl (C=O) groups is 2. The number of rotatable bonds is 7. The smallest absolute Gasteiger partial charge is 0.251 e. The van der Waals surface area contributed by atoms with Crippen LogP contribution >= 0.6 is 23.1 Å². The van der Waals surface area contributed by atoms with Gasteiger partial charge in [0, 0.05) is 24.3 Å². The summed E-state index contributed by atoms with van der Waals surface area (Å²) in [6.45, 7) is 0. The first-order valence-electron chi connectivity index (χ1n) is 7.49. The Labute approximate surface area is 147 Å². The van der Waals surface area contributed by atoms with Gasteiger partial charge in [-0.3, -0.25) is 9.59 Å². The molecule has 0 aliphatic heterocycles. The second kappa shape index (κ2) is 7.63. The number of nitrogens with one attached hydrogen (secondary N) is 3. The molecule has 1 aromatic carbocycles. The summed E-state index contributed by atoms with van der Waals surface area (Å²) in [6.07, 6.45) is 2.36. The minimum absolute atomic E-state index is 0.152. The molecule has 0 atom stereocenters. The topological polar surface area (TPSA) is 96.0 Å². The monoisotopic (exact) mass is 363 g/mol. The maximum absolute atomic E-state index is 12.0. The maximum atomic E-state index is 12.0. The molecule has 1 heterocycles. The van der Waals surface area contributed by atoms with E-state index in [1.165, 1.54) is 35.9 Å². The van der Waals surface area contributed by atoms with Crippen molar-refractivity contribution < 1.29 is 9.59 Å². The molecule has 2 amide bonds. The molecule has 0 unspecified atom stereocenters. The van der Waals surface area contributed by atoms with E-state index in [-0.39, 0.29) is 17.6 Å². The SMILES string of the molecule is CNC(=O)c1cccc(NC(=O)CSc2nnc(NC3CC3)s2)c1. The van der Waals surface area contributed by atoms with Gasteiger partial charge in [-0.2, -0.15) is 0 Å². The number of benzene rings is 1. The average Bonchev–Trinajstić information content (AvgIpc) is 3.29. The summed E-state index contributed by atoms with van der Waals surface area (Å²) in [7, 11) is 1.57. The van der Waals surface area contributed by atoms with E-state index in [0.717, 1.165) is 9.47 Å². The van der Waals surface area contributed by atoms with Gasteiger partial charge in [0.2, 0.25) is 11.0 Å². The van der Waals surface area contributed by atoms with Crippen molar-refractivity contribution in [2.45, 2.75) is 23.2 Å². The zero-order chi connectivity index (χ0) is 16.9. The average molecular weight is 363 g/mol. The third kappa shape index (κ3) is 4.68. The summed E-state index contributed by atoms with van der Waals surface area (Å²) < 4.78 is 0.757. The third-order valence-electron chi connectivity index (χ3n) is 3.27. The molecule has 126 valence electrons. The number of carbonyl (C=O) groups excluding carboxylic acids is 2. The van der Waals surface area contributed by atoms with Crippen LogP contribution < -0.4 is 16.0 Å². The number of aromatic nitrogens is 2. The van der Waals surface area contributed by atoms with Crippen LogP contribution in [0.2, 0.25) is 0 Å². The predicted octanol–water partition coefficient (Wildman–Crippen LogP) is 2.20. The van der Waals surface area contributed by atoms with E-state index in [1.807, 2.05) is 0 Å². The Morgan fingerprint density at radius 1 is 1.33 bits per heavy atom. The zero-order valence-electron chi connectivity index (χ0n) is 13.0. The maximum Gasteiger partial charge on any atom is 0.251 e. The standard InChI is InChI=1S/C15H17N5O2S2/c1-16-13(22)9-3-2-4-11(7-9)17-12(21)8-23-15-20-19-14(24-15)18-10-5-6-10/h2-4,7,10H,5-6,8H2,1H3,(H,16,22)(H,17,21)(H,18,19). The highest BCUT2D eigenvalue weighted by Gasteiger charge is 2.22. The molecule has 1 saturated carbocycles. The van der Waals surface area contributed by atoms with Gasteiger partial charge in [0.25, 0.3) is 5.91 Å². The lowest BCUT2D eigenvalue weighted by atomic mass is 10.2. The van der Waals surface area contributed by atoms with Gasteiger partial charge in [-0.25, -0.2) is 0 Å². The largest absolute Gasteiger partial charge is 0.357 e. The Morgan fingerprint density at radius 3 is 2.92 bits per heavy atom. The van der Waals surface area contributed by atoms with Crippen LogP contribution in [0.25, 0.3) is 0 Å². The lowest BCUT2D eigenvalue weighted by Crippen LogP contribution is -2.18. The number of amides is 2. The van der Waals surface area contributed by atoms with Crippen LogP contribution in [-0.2, 0) is 4.79 Å². The molecule has 7 nitrogen and oxygen atoms in total. The van der Waals surface area contributed by atoms with Crippen molar-refractivity contribution >= 4 is 45.7 Å². The predicted molar refractivity (Wildman–Crippen MR) is 95.7 cm³/mol. The molecule has 2 aromatic rings. The van der Waals surface area contributed by atoms with Gasteiger partial charge in [-0.15, -0.1) is 10.2 Å². The first-order chi connectivity index (χ1) is 11.6. The molecule has 9 heteroatoms. The second-order valence-electron chi connectivity index (χ2n) is 5.29. The van der Waals surface area contributed by atoms with Crippen molar-refractivity contribution in [3.8, 4) is 0 Å². The minimum Gasteiger partial charge on any atom is -0.357 e. The summed E-state index contributed by atoms with van der Waals surface area (Å²) in [4.78, 5) is 23.6. The van der Waals surface area contributed by atoms with E-state index in [9.17, 15) is 9.59 Å². The van der Waals surface area contributed by atoms with Crippen LogP contribution in [0, 0.1) is 0 Å². The molecular formula is C15H17N5O2S2. The van der Waals surface area contributed by atoms with Crippen molar-refractivity contribution in [2.75, 3.05) is 23.4 Å². The Morgan fingerprint density at radius 2 is 2.17 bits per heavy atom. The van der Waals surface area contributed by atoms with E-state index in [0.29, 0.717) is 17.3 Å². The Balaban J connectivity index is 1.50.